The van der Waals surface area contributed by atoms with Gasteiger partial charge in [0.2, 0.25) is 0 Å². The van der Waals surface area contributed by atoms with Crippen molar-refractivity contribution in [2.75, 3.05) is 19.6 Å². The molecule has 0 aliphatic carbocycles. The molecular formula is C19H32N2. The lowest BCUT2D eigenvalue weighted by Gasteiger charge is -2.45. The number of hydrogen-bond acceptors (Lipinski definition) is 2. The fourth-order valence-corrected chi connectivity index (χ4v) is 3.12. The fourth-order valence-electron chi connectivity index (χ4n) is 3.12. The second-order valence-corrected chi connectivity index (χ2v) is 7.63. The zero-order valence-corrected chi connectivity index (χ0v) is 14.4. The molecule has 1 N–H and O–H groups in total. The molecular weight excluding hydrogens is 256 g/mol. The molecule has 1 aliphatic rings. The molecule has 0 aromatic heterocycles. The fraction of sp³-hybridized carbons (Fsp3) is 0.684. The summed E-state index contributed by atoms with van der Waals surface area (Å²) in [6.07, 6.45) is 1.23. The van der Waals surface area contributed by atoms with Crippen molar-refractivity contribution in [2.24, 2.45) is 11.3 Å². The van der Waals surface area contributed by atoms with E-state index in [0.29, 0.717) is 23.4 Å². The maximum absolute atomic E-state index is 3.76. The molecule has 1 heterocycles. The van der Waals surface area contributed by atoms with Gasteiger partial charge in [-0.05, 0) is 23.3 Å². The van der Waals surface area contributed by atoms with Crippen molar-refractivity contribution in [2.45, 2.75) is 53.1 Å². The van der Waals surface area contributed by atoms with Gasteiger partial charge in [-0.25, -0.2) is 0 Å². The Morgan fingerprint density at radius 3 is 2.48 bits per heavy atom. The normalized spacial score (nSPS) is 24.5. The van der Waals surface area contributed by atoms with E-state index in [1.54, 1.807) is 0 Å². The first-order valence-corrected chi connectivity index (χ1v) is 8.45. The second kappa shape index (κ2) is 6.93. The van der Waals surface area contributed by atoms with Crippen LogP contribution in [0.2, 0.25) is 0 Å². The standard InChI is InChI=1S/C19H32N2/c1-6-19(4,5)14-21-13-17(15(2)3)20-12-18(21)16-10-8-7-9-11-16/h7-11,15,17-18,20H,6,12-14H2,1-5H3. The molecule has 0 radical (unpaired) electrons. The Labute approximate surface area is 130 Å². The van der Waals surface area contributed by atoms with Crippen LogP contribution >= 0.6 is 0 Å². The predicted molar refractivity (Wildman–Crippen MR) is 91.5 cm³/mol. The molecule has 0 spiro atoms. The summed E-state index contributed by atoms with van der Waals surface area (Å²) in [4.78, 5) is 2.71. The van der Waals surface area contributed by atoms with E-state index >= 15 is 0 Å². The molecule has 21 heavy (non-hydrogen) atoms. The van der Waals surface area contributed by atoms with Crippen LogP contribution in [0.5, 0.6) is 0 Å². The van der Waals surface area contributed by atoms with Crippen molar-refractivity contribution in [3.8, 4) is 0 Å². The Bertz CT molecular complexity index is 424. The van der Waals surface area contributed by atoms with Gasteiger partial charge in [-0.15, -0.1) is 0 Å². The van der Waals surface area contributed by atoms with Crippen molar-refractivity contribution in [3.05, 3.63) is 35.9 Å². The Morgan fingerprint density at radius 1 is 1.24 bits per heavy atom. The predicted octanol–water partition coefficient (Wildman–Crippen LogP) is 4.09. The van der Waals surface area contributed by atoms with Crippen LogP contribution in [0, 0.1) is 11.3 Å². The molecule has 2 unspecified atom stereocenters. The SMILES string of the molecule is CCC(C)(C)CN1CC(C(C)C)NCC1c1ccccc1. The molecule has 1 aromatic carbocycles. The van der Waals surface area contributed by atoms with Crippen LogP contribution < -0.4 is 5.32 Å². The third-order valence-corrected chi connectivity index (χ3v) is 5.02. The zero-order chi connectivity index (χ0) is 15.5. The van der Waals surface area contributed by atoms with Gasteiger partial charge < -0.3 is 5.32 Å². The molecule has 2 atom stereocenters. The van der Waals surface area contributed by atoms with E-state index in [-0.39, 0.29) is 0 Å². The van der Waals surface area contributed by atoms with Gasteiger partial charge in [0, 0.05) is 31.7 Å². The lowest BCUT2D eigenvalue weighted by atomic mass is 9.87. The average molecular weight is 288 g/mol. The monoisotopic (exact) mass is 288 g/mol. The van der Waals surface area contributed by atoms with E-state index in [4.69, 9.17) is 0 Å². The molecule has 1 aliphatic heterocycles. The lowest BCUT2D eigenvalue weighted by Crippen LogP contribution is -2.55. The highest BCUT2D eigenvalue weighted by Crippen LogP contribution is 2.30. The molecule has 2 rings (SSSR count). The molecule has 1 aromatic rings. The summed E-state index contributed by atoms with van der Waals surface area (Å²) >= 11 is 0. The summed E-state index contributed by atoms with van der Waals surface area (Å²) in [5.41, 5.74) is 1.82. The van der Waals surface area contributed by atoms with Gasteiger partial charge in [0.05, 0.1) is 0 Å². The van der Waals surface area contributed by atoms with E-state index in [1.807, 2.05) is 0 Å². The molecule has 1 fully saturated rings. The van der Waals surface area contributed by atoms with Crippen LogP contribution in [0.15, 0.2) is 30.3 Å². The molecule has 1 saturated heterocycles. The summed E-state index contributed by atoms with van der Waals surface area (Å²) in [6.45, 7) is 15.1. The highest BCUT2D eigenvalue weighted by Gasteiger charge is 2.33. The minimum atomic E-state index is 0.381. The van der Waals surface area contributed by atoms with E-state index in [9.17, 15) is 0 Å². The number of benzene rings is 1. The van der Waals surface area contributed by atoms with Gasteiger partial charge >= 0.3 is 0 Å². The molecule has 0 saturated carbocycles. The molecule has 2 heteroatoms. The van der Waals surface area contributed by atoms with Crippen molar-refractivity contribution >= 4 is 0 Å². The quantitative estimate of drug-likeness (QED) is 0.878. The highest BCUT2D eigenvalue weighted by molar-refractivity contribution is 5.20. The molecule has 118 valence electrons. The number of rotatable bonds is 5. The first-order valence-electron chi connectivity index (χ1n) is 8.45. The van der Waals surface area contributed by atoms with Gasteiger partial charge in [-0.1, -0.05) is 65.0 Å². The number of piperazine rings is 1. The van der Waals surface area contributed by atoms with Gasteiger partial charge in [0.15, 0.2) is 0 Å². The van der Waals surface area contributed by atoms with Crippen molar-refractivity contribution in [1.82, 2.24) is 10.2 Å². The van der Waals surface area contributed by atoms with Crippen LogP contribution in [0.4, 0.5) is 0 Å². The Balaban J connectivity index is 2.18. The Hall–Kier alpha value is -0.860. The van der Waals surface area contributed by atoms with Gasteiger partial charge in [-0.2, -0.15) is 0 Å². The van der Waals surface area contributed by atoms with E-state index < -0.39 is 0 Å². The van der Waals surface area contributed by atoms with Crippen LogP contribution in [-0.4, -0.2) is 30.6 Å². The van der Waals surface area contributed by atoms with Gasteiger partial charge in [0.25, 0.3) is 0 Å². The summed E-state index contributed by atoms with van der Waals surface area (Å²) in [6, 6.07) is 12.1. The Kier molecular flexibility index (Phi) is 5.45. The highest BCUT2D eigenvalue weighted by atomic mass is 15.2. The number of hydrogen-bond donors (Lipinski definition) is 1. The van der Waals surface area contributed by atoms with Crippen molar-refractivity contribution in [3.63, 3.8) is 0 Å². The van der Waals surface area contributed by atoms with Gasteiger partial charge in [-0.3, -0.25) is 4.90 Å². The van der Waals surface area contributed by atoms with E-state index in [1.165, 1.54) is 18.5 Å². The summed E-state index contributed by atoms with van der Waals surface area (Å²) < 4.78 is 0. The zero-order valence-electron chi connectivity index (χ0n) is 14.4. The minimum absolute atomic E-state index is 0.381. The van der Waals surface area contributed by atoms with Crippen LogP contribution in [0.25, 0.3) is 0 Å². The largest absolute Gasteiger partial charge is 0.311 e. The minimum Gasteiger partial charge on any atom is -0.311 e. The maximum Gasteiger partial charge on any atom is 0.0473 e. The molecule has 2 nitrogen and oxygen atoms in total. The first kappa shape index (κ1) is 16.5. The summed E-state index contributed by atoms with van der Waals surface area (Å²) in [5, 5.41) is 3.76. The van der Waals surface area contributed by atoms with Crippen LogP contribution in [-0.2, 0) is 0 Å². The third kappa shape index (κ3) is 4.31. The first-order chi connectivity index (χ1) is 9.93. The smallest absolute Gasteiger partial charge is 0.0473 e. The number of nitrogens with one attached hydrogen (secondary N) is 1. The van der Waals surface area contributed by atoms with E-state index in [2.05, 4.69) is 75.2 Å². The average Bonchev–Trinajstić information content (AvgIpc) is 2.47. The topological polar surface area (TPSA) is 15.3 Å². The van der Waals surface area contributed by atoms with Crippen LogP contribution in [0.1, 0.15) is 52.6 Å². The summed E-state index contributed by atoms with van der Waals surface area (Å²) in [5.74, 6) is 0.689. The second-order valence-electron chi connectivity index (χ2n) is 7.63. The van der Waals surface area contributed by atoms with Gasteiger partial charge in [0.1, 0.15) is 0 Å². The van der Waals surface area contributed by atoms with Crippen LogP contribution in [0.3, 0.4) is 0 Å². The lowest BCUT2D eigenvalue weighted by molar-refractivity contribution is 0.0709. The van der Waals surface area contributed by atoms with Crippen molar-refractivity contribution in [1.29, 1.82) is 0 Å². The molecule has 0 bridgehead atoms. The maximum atomic E-state index is 3.76. The number of nitrogens with zero attached hydrogens (tertiary/aromatic N) is 1. The van der Waals surface area contributed by atoms with E-state index in [0.717, 1.165) is 13.1 Å². The Morgan fingerprint density at radius 2 is 1.90 bits per heavy atom. The molecule has 0 amide bonds. The summed E-state index contributed by atoms with van der Waals surface area (Å²) in [7, 11) is 0. The van der Waals surface area contributed by atoms with Crippen molar-refractivity contribution < 1.29 is 0 Å². The third-order valence-electron chi connectivity index (χ3n) is 5.02.